The number of hydrogen-bond donors (Lipinski definition) is 1. The van der Waals surface area contributed by atoms with Crippen LogP contribution in [0.1, 0.15) is 13.8 Å². The molecule has 0 heterocycles. The van der Waals surface area contributed by atoms with Crippen LogP contribution in [0.4, 0.5) is 9.59 Å². The summed E-state index contributed by atoms with van der Waals surface area (Å²) in [6.45, 7) is 2.58. The van der Waals surface area contributed by atoms with Crippen molar-refractivity contribution in [3.05, 3.63) is 0 Å². The topological polar surface area (TPSA) is 128 Å². The molecule has 18 heavy (non-hydrogen) atoms. The first-order chi connectivity index (χ1) is 8.60. The Morgan fingerprint density at radius 3 is 2.06 bits per heavy atom. The fourth-order valence-electron chi connectivity index (χ4n) is 0.553. The number of rotatable bonds is 9. The summed E-state index contributed by atoms with van der Waals surface area (Å²) in [6.07, 6.45) is -3.32. The van der Waals surface area contributed by atoms with E-state index in [1.165, 1.54) is 0 Å². The zero-order valence-corrected chi connectivity index (χ0v) is 9.52. The second-order valence-electron chi connectivity index (χ2n) is 2.20. The standard InChI is InChI=1S/C7H12O11/c1-3-11-7(12-4-2)16-14-6(10)15-18-17-13-5(8)9/h7H,3-4H2,1-2H3,(H,8,9). The Balaban J connectivity index is 3.63. The van der Waals surface area contributed by atoms with Crippen LogP contribution in [0.2, 0.25) is 0 Å². The molecule has 0 spiro atoms. The van der Waals surface area contributed by atoms with Crippen LogP contribution >= 0.6 is 0 Å². The first kappa shape index (κ1) is 16.3. The highest BCUT2D eigenvalue weighted by Crippen LogP contribution is 2.00. The summed E-state index contributed by atoms with van der Waals surface area (Å²) in [5.41, 5.74) is 0. The van der Waals surface area contributed by atoms with Crippen molar-refractivity contribution in [2.45, 2.75) is 20.3 Å². The van der Waals surface area contributed by atoms with Crippen LogP contribution in [0, 0.1) is 0 Å². The first-order valence-corrected chi connectivity index (χ1v) is 4.61. The molecule has 0 atom stereocenters. The summed E-state index contributed by atoms with van der Waals surface area (Å²) in [4.78, 5) is 35.9. The molecule has 0 aromatic carbocycles. The van der Waals surface area contributed by atoms with E-state index in [9.17, 15) is 9.59 Å². The van der Waals surface area contributed by atoms with Gasteiger partial charge in [0.1, 0.15) is 0 Å². The smallest absolute Gasteiger partial charge is 0.448 e. The zero-order valence-electron chi connectivity index (χ0n) is 9.52. The third-order valence-electron chi connectivity index (χ3n) is 1.04. The minimum absolute atomic E-state index is 0.245. The minimum Gasteiger partial charge on any atom is -0.448 e. The van der Waals surface area contributed by atoms with Gasteiger partial charge in [-0.1, -0.05) is 0 Å². The van der Waals surface area contributed by atoms with Crippen molar-refractivity contribution >= 4 is 12.3 Å². The molecule has 0 aromatic heterocycles. The van der Waals surface area contributed by atoms with E-state index in [0.29, 0.717) is 0 Å². The lowest BCUT2D eigenvalue weighted by atomic mass is 10.8. The predicted molar refractivity (Wildman–Crippen MR) is 47.0 cm³/mol. The van der Waals surface area contributed by atoms with Crippen molar-refractivity contribution in [1.82, 2.24) is 0 Å². The average Bonchev–Trinajstić information content (AvgIpc) is 2.32. The van der Waals surface area contributed by atoms with Crippen molar-refractivity contribution in [3.8, 4) is 0 Å². The lowest BCUT2D eigenvalue weighted by Crippen LogP contribution is -2.23. The molecule has 0 bridgehead atoms. The summed E-state index contributed by atoms with van der Waals surface area (Å²) in [5, 5.41) is 14.9. The van der Waals surface area contributed by atoms with E-state index in [4.69, 9.17) is 14.6 Å². The first-order valence-electron chi connectivity index (χ1n) is 4.61. The van der Waals surface area contributed by atoms with Crippen molar-refractivity contribution in [3.63, 3.8) is 0 Å². The lowest BCUT2D eigenvalue weighted by Gasteiger charge is -2.13. The summed E-state index contributed by atoms with van der Waals surface area (Å²) >= 11 is 0. The highest BCUT2D eigenvalue weighted by molar-refractivity contribution is 5.58. The Bertz CT molecular complexity index is 236. The maximum Gasteiger partial charge on any atom is 0.575 e. The zero-order chi connectivity index (χ0) is 13.8. The van der Waals surface area contributed by atoms with Crippen LogP contribution in [0.5, 0.6) is 0 Å². The normalized spacial score (nSPS) is 10.2. The molecule has 11 nitrogen and oxygen atoms in total. The molecule has 0 aliphatic heterocycles. The van der Waals surface area contributed by atoms with Gasteiger partial charge in [-0.2, -0.15) is 4.79 Å². The van der Waals surface area contributed by atoms with Gasteiger partial charge in [0.15, 0.2) is 0 Å². The van der Waals surface area contributed by atoms with Crippen LogP contribution in [0.15, 0.2) is 0 Å². The van der Waals surface area contributed by atoms with Gasteiger partial charge in [0.05, 0.1) is 0 Å². The fourth-order valence-corrected chi connectivity index (χ4v) is 0.553. The van der Waals surface area contributed by atoms with Gasteiger partial charge in [0.25, 0.3) is 0 Å². The van der Waals surface area contributed by atoms with Gasteiger partial charge in [-0.3, -0.25) is 4.89 Å². The summed E-state index contributed by atoms with van der Waals surface area (Å²) in [6, 6.07) is 0. The molecular formula is C7H12O11. The van der Waals surface area contributed by atoms with E-state index >= 15 is 0 Å². The lowest BCUT2D eigenvalue weighted by molar-refractivity contribution is -0.605. The molecule has 106 valence electrons. The summed E-state index contributed by atoms with van der Waals surface area (Å²) < 4.78 is 9.68. The minimum atomic E-state index is -1.81. The van der Waals surface area contributed by atoms with Crippen molar-refractivity contribution < 1.29 is 53.8 Å². The number of carbonyl (C=O) groups excluding carboxylic acids is 1. The van der Waals surface area contributed by atoms with Gasteiger partial charge in [-0.25, -0.2) is 14.6 Å². The van der Waals surface area contributed by atoms with Gasteiger partial charge < -0.3 is 14.6 Å². The summed E-state index contributed by atoms with van der Waals surface area (Å²) in [7, 11) is 0. The molecule has 1 N–H and O–H groups in total. The Hall–Kier alpha value is -1.66. The van der Waals surface area contributed by atoms with Gasteiger partial charge in [-0.05, 0) is 13.8 Å². The van der Waals surface area contributed by atoms with Gasteiger partial charge in [0.2, 0.25) is 0 Å². The SMILES string of the molecule is CCOC(OCC)OOC(=O)OOOOC(=O)O. The van der Waals surface area contributed by atoms with Crippen LogP contribution in [-0.4, -0.2) is 37.1 Å². The molecule has 0 fully saturated rings. The Morgan fingerprint density at radius 1 is 1.00 bits per heavy atom. The molecule has 0 amide bonds. The van der Waals surface area contributed by atoms with E-state index in [0.717, 1.165) is 0 Å². The number of hydrogen-bond acceptors (Lipinski definition) is 10. The second kappa shape index (κ2) is 10.5. The molecule has 0 saturated heterocycles. The number of ether oxygens (including phenoxy) is 2. The molecule has 0 aromatic rings. The van der Waals surface area contributed by atoms with E-state index < -0.39 is 18.8 Å². The van der Waals surface area contributed by atoms with Crippen molar-refractivity contribution in [1.29, 1.82) is 0 Å². The van der Waals surface area contributed by atoms with Crippen molar-refractivity contribution in [2.24, 2.45) is 0 Å². The summed E-state index contributed by atoms with van der Waals surface area (Å²) in [5.74, 6) is 0. The maximum atomic E-state index is 10.7. The molecule has 0 radical (unpaired) electrons. The maximum absolute atomic E-state index is 10.7. The molecule has 0 aliphatic rings. The van der Waals surface area contributed by atoms with E-state index in [1.807, 2.05) is 0 Å². The van der Waals surface area contributed by atoms with Crippen LogP contribution in [0.3, 0.4) is 0 Å². The van der Waals surface area contributed by atoms with Crippen molar-refractivity contribution in [2.75, 3.05) is 13.2 Å². The van der Waals surface area contributed by atoms with Gasteiger partial charge >= 0.3 is 18.8 Å². The van der Waals surface area contributed by atoms with E-state index in [2.05, 4.69) is 29.6 Å². The Morgan fingerprint density at radius 2 is 1.56 bits per heavy atom. The van der Waals surface area contributed by atoms with Crippen LogP contribution in [0.25, 0.3) is 0 Å². The fraction of sp³-hybridized carbons (Fsp3) is 0.714. The van der Waals surface area contributed by atoms with Gasteiger partial charge in [0, 0.05) is 23.3 Å². The Labute approximate surface area is 101 Å². The average molecular weight is 272 g/mol. The van der Waals surface area contributed by atoms with Crippen LogP contribution in [-0.2, 0) is 39.1 Å². The quantitative estimate of drug-likeness (QED) is 0.278. The van der Waals surface area contributed by atoms with E-state index in [1.54, 1.807) is 13.8 Å². The van der Waals surface area contributed by atoms with Crippen LogP contribution < -0.4 is 0 Å². The molecule has 0 saturated carbocycles. The molecular weight excluding hydrogens is 260 g/mol. The second-order valence-corrected chi connectivity index (χ2v) is 2.20. The molecule has 0 unspecified atom stereocenters. The third-order valence-corrected chi connectivity index (χ3v) is 1.04. The number of carbonyl (C=O) groups is 2. The monoisotopic (exact) mass is 272 g/mol. The van der Waals surface area contributed by atoms with E-state index in [-0.39, 0.29) is 13.2 Å². The predicted octanol–water partition coefficient (Wildman–Crippen LogP) is 0.901. The van der Waals surface area contributed by atoms with Gasteiger partial charge in [-0.15, -0.1) is 4.89 Å². The highest BCUT2D eigenvalue weighted by Gasteiger charge is 2.15. The number of carboxylic acid groups (broad SMARTS) is 1. The third kappa shape index (κ3) is 9.56. The highest BCUT2D eigenvalue weighted by atomic mass is 17.7. The molecule has 0 aliphatic carbocycles. The Kier molecular flexibility index (Phi) is 9.52. The molecule has 11 heteroatoms. The molecule has 0 rings (SSSR count). The largest absolute Gasteiger partial charge is 0.575 e.